The molecule has 0 heterocycles. The fourth-order valence-corrected chi connectivity index (χ4v) is 16.9. The lowest BCUT2D eigenvalue weighted by Gasteiger charge is -2.39. The number of hydrogen-bond donors (Lipinski definition) is 0. The van der Waals surface area contributed by atoms with Crippen LogP contribution in [-0.2, 0) is 10.8 Å². The van der Waals surface area contributed by atoms with E-state index < -0.39 is 28.9 Å². The first-order chi connectivity index (χ1) is 53.5. The molecule has 8 heteroatoms. The van der Waals surface area contributed by atoms with E-state index in [9.17, 15) is 0 Å². The van der Waals surface area contributed by atoms with Crippen LogP contribution >= 0.6 is 0 Å². The first-order valence-corrected chi connectivity index (χ1v) is 39.6. The van der Waals surface area contributed by atoms with Crippen molar-refractivity contribution in [2.24, 2.45) is 11.8 Å². The summed E-state index contributed by atoms with van der Waals surface area (Å²) in [6.45, 7) is 26.1. The molecule has 1 aliphatic carbocycles. The summed E-state index contributed by atoms with van der Waals surface area (Å²) in [4.78, 5) is 3.41. The number of fused-ring (bicyclic) bond motifs is 5. The predicted molar refractivity (Wildman–Crippen MR) is 457 cm³/mol. The predicted octanol–water partition coefficient (Wildman–Crippen LogP) is 30.9. The minimum atomic E-state index is -5.81. The van der Waals surface area contributed by atoms with Gasteiger partial charge in [0.05, 0.1) is 11.4 Å². The van der Waals surface area contributed by atoms with Crippen LogP contribution in [0.4, 0.5) is 60.5 Å². The van der Waals surface area contributed by atoms with Crippen molar-refractivity contribution in [1.29, 1.82) is 0 Å². The average Bonchev–Trinajstić information content (AvgIpc) is 0.812. The molecule has 13 aromatic rings. The average molecular weight is 1480 g/mol. The molecule has 0 saturated carbocycles. The van der Waals surface area contributed by atoms with Crippen molar-refractivity contribution in [3.05, 3.63) is 376 Å². The van der Waals surface area contributed by atoms with E-state index >= 15 is 26.3 Å². The topological polar surface area (TPSA) is 6.48 Å². The third-order valence-electron chi connectivity index (χ3n) is 22.9. The Labute approximate surface area is 655 Å². The van der Waals surface area contributed by atoms with Gasteiger partial charge in [0.1, 0.15) is 0 Å². The fraction of sp³-hybridized carbons (Fsp3) is 0.262. The molecule has 2 nitrogen and oxygen atoms in total. The molecule has 0 spiro atoms. The van der Waals surface area contributed by atoms with Crippen molar-refractivity contribution < 1.29 is 26.3 Å². The van der Waals surface area contributed by atoms with Gasteiger partial charge in [-0.15, -0.1) is 0 Å². The van der Waals surface area contributed by atoms with Gasteiger partial charge in [0, 0.05) is 44.9 Å². The monoisotopic (exact) mass is 1480 g/mol. The lowest BCUT2D eigenvalue weighted by atomic mass is 9.65. The van der Waals surface area contributed by atoms with E-state index in [0.717, 1.165) is 74.3 Å². The van der Waals surface area contributed by atoms with E-state index in [1.807, 2.05) is 129 Å². The normalized spacial score (nSPS) is 13.0. The van der Waals surface area contributed by atoms with Gasteiger partial charge in [-0.3, -0.25) is 0 Å². The van der Waals surface area contributed by atoms with Gasteiger partial charge in [0.25, 0.3) is 0 Å². The number of alkyl halides is 6. The molecule has 568 valence electrons. The summed E-state index contributed by atoms with van der Waals surface area (Å²) in [6, 6.07) is 91.2. The highest BCUT2D eigenvalue weighted by Crippen LogP contribution is 2.60. The summed E-state index contributed by atoms with van der Waals surface area (Å²) >= 11 is 0. The summed E-state index contributed by atoms with van der Waals surface area (Å²) in [5.74, 6) is 1.86. The molecule has 0 saturated heterocycles. The van der Waals surface area contributed by atoms with Gasteiger partial charge in [-0.1, -0.05) is 356 Å². The van der Waals surface area contributed by atoms with Gasteiger partial charge in [-0.25, -0.2) is 0 Å². The number of nitrogens with zero attached hydrogens (tertiary/aromatic N) is 2. The Morgan fingerprint density at radius 3 is 1.12 bits per heavy atom. The lowest BCUT2D eigenvalue weighted by molar-refractivity contribution is -0.288. The Morgan fingerprint density at radius 1 is 0.360 bits per heavy atom. The van der Waals surface area contributed by atoms with Gasteiger partial charge < -0.3 is 9.80 Å². The number of hydrogen-bond acceptors (Lipinski definition) is 2. The molecule has 14 rings (SSSR count). The molecule has 2 atom stereocenters. The van der Waals surface area contributed by atoms with E-state index in [2.05, 4.69) is 171 Å². The molecule has 13 aromatic carbocycles. The summed E-state index contributed by atoms with van der Waals surface area (Å²) in [6.07, 6.45) is 3.62. The zero-order chi connectivity index (χ0) is 78.6. The highest BCUT2D eigenvalue weighted by molar-refractivity contribution is 6.00. The maximum Gasteiger partial charge on any atom is 0.411 e. The Balaban J connectivity index is 0.000000177. The van der Waals surface area contributed by atoms with Crippen LogP contribution in [0.1, 0.15) is 176 Å². The first-order valence-electron chi connectivity index (χ1n) is 39.6. The Kier molecular flexibility index (Phi) is 25.3. The van der Waals surface area contributed by atoms with Crippen molar-refractivity contribution in [3.8, 4) is 11.1 Å². The summed E-state index contributed by atoms with van der Waals surface area (Å²) < 4.78 is 95.7. The maximum absolute atomic E-state index is 16.0. The van der Waals surface area contributed by atoms with Crippen molar-refractivity contribution in [1.82, 2.24) is 0 Å². The molecule has 0 fully saturated rings. The standard InChI is InChI=1S/C49H36F6N2.C31H46.C23H22/c1-33-23-27-39(28-24-33)56(45-21-7-13-35-11-3-5-19-43(35)45)41-17-9-15-37(31-41)47(48(50,51)52,49(53,54)55)38-16-10-18-42(32-38)57(40-29-25-34(2)26-30-40)46-22-8-14-36-12-4-6-20-44(36)46;1-7-11-13-25(9-3)21-31(22-26(10-4)14-12-8-2)29-19-23(5)15-17-27(29)28-18-16-24(6)20-30(28)31;1-4-19-6-5-7-22(16-19)23(20-12-8-17(2)9-13-20)21-14-10-18(3)11-15-21/h3-32H,1-2H3;15-20,25-26H,7-14,21-22H2,1-6H3;4-16,23H,1H2,2-3H3. The van der Waals surface area contributed by atoms with Crippen LogP contribution in [0.15, 0.2) is 298 Å². The molecular formula is C103H104F6N2. The SMILES string of the molecule is C=Cc1cccc(C(c2ccc(C)cc2)c2ccc(C)cc2)c1.CCCCC(CC)CC1(CC(CC)CCCC)c2cc(C)ccc2-c2ccc(C)cc21.Cc1ccc(N(c2cccc(C(c3cccc(N(c4ccc(C)cc4)c4cccc5ccccc45)c3)(C(F)(F)F)C(F)(F)F)c2)c2cccc3ccccc23)cc1. The Morgan fingerprint density at radius 2 is 0.730 bits per heavy atom. The molecule has 0 bridgehead atoms. The second-order valence-corrected chi connectivity index (χ2v) is 30.7. The van der Waals surface area contributed by atoms with Gasteiger partial charge >= 0.3 is 12.4 Å². The van der Waals surface area contributed by atoms with Crippen LogP contribution in [0.25, 0.3) is 38.7 Å². The van der Waals surface area contributed by atoms with E-state index in [1.54, 1.807) is 57.3 Å². The molecule has 111 heavy (non-hydrogen) atoms. The van der Waals surface area contributed by atoms with Crippen molar-refractivity contribution in [3.63, 3.8) is 0 Å². The number of anilines is 6. The van der Waals surface area contributed by atoms with Crippen LogP contribution in [0.2, 0.25) is 0 Å². The summed E-state index contributed by atoms with van der Waals surface area (Å²) in [7, 11) is 0. The molecular weight excluding hydrogens is 1380 g/mol. The van der Waals surface area contributed by atoms with E-state index in [1.165, 1.54) is 126 Å². The molecule has 0 radical (unpaired) electrons. The van der Waals surface area contributed by atoms with Gasteiger partial charge in [-0.05, 0) is 193 Å². The highest BCUT2D eigenvalue weighted by Gasteiger charge is 2.72. The minimum absolute atomic E-state index is 0.138. The number of unbranched alkanes of at least 4 members (excludes halogenated alkanes) is 2. The lowest BCUT2D eigenvalue weighted by Crippen LogP contribution is -2.54. The molecule has 0 aliphatic heterocycles. The zero-order valence-electron chi connectivity index (χ0n) is 66.0. The maximum atomic E-state index is 16.0. The van der Waals surface area contributed by atoms with E-state index in [0.29, 0.717) is 22.7 Å². The van der Waals surface area contributed by atoms with Gasteiger partial charge in [0.15, 0.2) is 0 Å². The van der Waals surface area contributed by atoms with Crippen LogP contribution in [0.5, 0.6) is 0 Å². The fourth-order valence-electron chi connectivity index (χ4n) is 16.9. The number of aryl methyl sites for hydroxylation is 6. The second kappa shape index (κ2) is 35.1. The van der Waals surface area contributed by atoms with E-state index in [4.69, 9.17) is 0 Å². The van der Waals surface area contributed by atoms with E-state index in [-0.39, 0.29) is 22.7 Å². The first kappa shape index (κ1) is 79.8. The summed E-state index contributed by atoms with van der Waals surface area (Å²) in [5.41, 5.74) is 15.2. The third kappa shape index (κ3) is 17.3. The molecule has 0 N–H and O–H groups in total. The molecule has 0 amide bonds. The molecule has 0 aromatic heterocycles. The van der Waals surface area contributed by atoms with Gasteiger partial charge in [0.2, 0.25) is 5.41 Å². The zero-order valence-corrected chi connectivity index (χ0v) is 66.0. The van der Waals surface area contributed by atoms with Crippen molar-refractivity contribution in [2.75, 3.05) is 9.80 Å². The smallest absolute Gasteiger partial charge is 0.310 e. The summed E-state index contributed by atoms with van der Waals surface area (Å²) in [5, 5.41) is 3.29. The third-order valence-corrected chi connectivity index (χ3v) is 22.9. The Bertz CT molecular complexity index is 4970. The van der Waals surface area contributed by atoms with Crippen LogP contribution in [-0.4, -0.2) is 12.4 Å². The number of halogens is 6. The number of benzene rings is 13. The van der Waals surface area contributed by atoms with Crippen molar-refractivity contribution in [2.45, 2.75) is 163 Å². The van der Waals surface area contributed by atoms with Crippen LogP contribution in [0.3, 0.4) is 0 Å². The van der Waals surface area contributed by atoms with Crippen molar-refractivity contribution >= 4 is 61.7 Å². The Hall–Kier alpha value is -10.7. The second-order valence-electron chi connectivity index (χ2n) is 30.7. The van der Waals surface area contributed by atoms with Crippen LogP contribution in [0, 0.1) is 53.4 Å². The van der Waals surface area contributed by atoms with Crippen LogP contribution < -0.4 is 9.80 Å². The van der Waals surface area contributed by atoms with Gasteiger partial charge in [-0.2, -0.15) is 26.3 Å². The molecule has 1 aliphatic rings. The largest absolute Gasteiger partial charge is 0.411 e. The number of rotatable bonds is 24. The minimum Gasteiger partial charge on any atom is -0.310 e. The quantitative estimate of drug-likeness (QED) is 0.0439. The molecule has 2 unspecified atom stereocenters. The highest BCUT2D eigenvalue weighted by atomic mass is 19.4.